The zero-order valence-electron chi connectivity index (χ0n) is 11.7. The molecule has 2 aromatic heterocycles. The number of furan rings is 1. The van der Waals surface area contributed by atoms with Crippen LogP contribution in [-0.2, 0) is 6.54 Å². The molecule has 0 saturated carbocycles. The fraction of sp³-hybridized carbons (Fsp3) is 0.462. The van der Waals surface area contributed by atoms with Crippen LogP contribution >= 0.6 is 0 Å². The zero-order valence-corrected chi connectivity index (χ0v) is 11.7. The number of carbonyl (C=O) groups excluding carboxylic acids is 1. The van der Waals surface area contributed by atoms with E-state index in [1.54, 1.807) is 11.0 Å². The standard InChI is InChI=1S/C13H19N5O2/c1-10-4-5-12(20-10)11(2)17-13(19)15-6-3-7-18-9-14-8-16-18/h4-5,8-9,11H,3,6-7H2,1-2H3,(H2,15,17,19)/t11-/m0/s1. The third-order valence-corrected chi connectivity index (χ3v) is 2.85. The number of nitrogens with one attached hydrogen (secondary N) is 2. The molecule has 2 amide bonds. The molecule has 0 aliphatic rings. The Bertz CT molecular complexity index is 535. The van der Waals surface area contributed by atoms with Gasteiger partial charge in [0.25, 0.3) is 0 Å². The van der Waals surface area contributed by atoms with Gasteiger partial charge in [-0.25, -0.2) is 9.78 Å². The highest BCUT2D eigenvalue weighted by Crippen LogP contribution is 2.14. The molecule has 2 rings (SSSR count). The Balaban J connectivity index is 1.65. The summed E-state index contributed by atoms with van der Waals surface area (Å²) in [6, 6.07) is 3.39. The predicted molar refractivity (Wildman–Crippen MR) is 73.0 cm³/mol. The summed E-state index contributed by atoms with van der Waals surface area (Å²) in [6.07, 6.45) is 3.94. The minimum absolute atomic E-state index is 0.154. The van der Waals surface area contributed by atoms with Gasteiger partial charge in [-0.3, -0.25) is 4.68 Å². The van der Waals surface area contributed by atoms with Gasteiger partial charge in [0.2, 0.25) is 0 Å². The highest BCUT2D eigenvalue weighted by Gasteiger charge is 2.11. The van der Waals surface area contributed by atoms with Gasteiger partial charge in [0.1, 0.15) is 24.2 Å². The van der Waals surface area contributed by atoms with Crippen molar-refractivity contribution in [3.05, 3.63) is 36.3 Å². The molecule has 0 bridgehead atoms. The summed E-state index contributed by atoms with van der Waals surface area (Å²) in [6.45, 7) is 5.07. The number of carbonyl (C=O) groups is 1. The third kappa shape index (κ3) is 4.11. The Morgan fingerprint density at radius 2 is 2.35 bits per heavy atom. The van der Waals surface area contributed by atoms with Gasteiger partial charge in [0, 0.05) is 13.1 Å². The van der Waals surface area contributed by atoms with E-state index in [4.69, 9.17) is 4.42 Å². The van der Waals surface area contributed by atoms with Gasteiger partial charge < -0.3 is 15.1 Å². The molecule has 0 aliphatic heterocycles. The van der Waals surface area contributed by atoms with Crippen molar-refractivity contribution in [2.75, 3.05) is 6.54 Å². The van der Waals surface area contributed by atoms with Crippen LogP contribution in [0.1, 0.15) is 30.9 Å². The molecule has 20 heavy (non-hydrogen) atoms. The molecule has 2 aromatic rings. The van der Waals surface area contributed by atoms with Crippen molar-refractivity contribution in [3.8, 4) is 0 Å². The maximum absolute atomic E-state index is 11.7. The van der Waals surface area contributed by atoms with E-state index in [2.05, 4.69) is 20.7 Å². The first-order valence-electron chi connectivity index (χ1n) is 6.58. The Kier molecular flexibility index (Phi) is 4.75. The Morgan fingerprint density at radius 3 is 3.00 bits per heavy atom. The third-order valence-electron chi connectivity index (χ3n) is 2.85. The molecule has 7 heteroatoms. The molecular weight excluding hydrogens is 258 g/mol. The quantitative estimate of drug-likeness (QED) is 0.786. The van der Waals surface area contributed by atoms with Gasteiger partial charge in [0.05, 0.1) is 6.04 Å². The highest BCUT2D eigenvalue weighted by molar-refractivity contribution is 5.74. The summed E-state index contributed by atoms with van der Waals surface area (Å²) < 4.78 is 7.19. The monoisotopic (exact) mass is 277 g/mol. The summed E-state index contributed by atoms with van der Waals surface area (Å²) in [5, 5.41) is 9.61. The predicted octanol–water partition coefficient (Wildman–Crippen LogP) is 1.63. The van der Waals surface area contributed by atoms with Gasteiger partial charge in [-0.05, 0) is 32.4 Å². The number of hydrogen-bond donors (Lipinski definition) is 2. The molecular formula is C13H19N5O2. The van der Waals surface area contributed by atoms with E-state index in [-0.39, 0.29) is 12.1 Å². The van der Waals surface area contributed by atoms with Crippen LogP contribution in [0.2, 0.25) is 0 Å². The Labute approximate surface area is 117 Å². The first kappa shape index (κ1) is 14.1. The number of urea groups is 1. The molecule has 0 aliphatic carbocycles. The molecule has 0 radical (unpaired) electrons. The summed E-state index contributed by atoms with van der Waals surface area (Å²) in [4.78, 5) is 15.5. The summed E-state index contributed by atoms with van der Waals surface area (Å²) in [5.74, 6) is 1.59. The van der Waals surface area contributed by atoms with Crippen molar-refractivity contribution in [1.29, 1.82) is 0 Å². The minimum atomic E-state index is -0.204. The van der Waals surface area contributed by atoms with E-state index < -0.39 is 0 Å². The van der Waals surface area contributed by atoms with Crippen LogP contribution in [0.15, 0.2) is 29.2 Å². The Hall–Kier alpha value is -2.31. The SMILES string of the molecule is Cc1ccc([C@H](C)NC(=O)NCCCn2cncn2)o1. The van der Waals surface area contributed by atoms with E-state index in [1.165, 1.54) is 6.33 Å². The highest BCUT2D eigenvalue weighted by atomic mass is 16.3. The molecule has 2 N–H and O–H groups in total. The molecule has 2 heterocycles. The van der Waals surface area contributed by atoms with Crippen molar-refractivity contribution in [2.45, 2.75) is 32.9 Å². The van der Waals surface area contributed by atoms with E-state index in [0.29, 0.717) is 6.54 Å². The summed E-state index contributed by atoms with van der Waals surface area (Å²) >= 11 is 0. The van der Waals surface area contributed by atoms with Crippen molar-refractivity contribution in [3.63, 3.8) is 0 Å². The molecule has 0 unspecified atom stereocenters. The van der Waals surface area contributed by atoms with E-state index >= 15 is 0 Å². The van der Waals surface area contributed by atoms with E-state index in [1.807, 2.05) is 26.0 Å². The topological polar surface area (TPSA) is 85.0 Å². The van der Waals surface area contributed by atoms with Crippen LogP contribution in [0.5, 0.6) is 0 Å². The number of rotatable bonds is 6. The maximum atomic E-state index is 11.7. The molecule has 0 saturated heterocycles. The molecule has 0 fully saturated rings. The number of amides is 2. The van der Waals surface area contributed by atoms with Crippen molar-refractivity contribution in [2.24, 2.45) is 0 Å². The second-order valence-electron chi connectivity index (χ2n) is 4.58. The fourth-order valence-corrected chi connectivity index (χ4v) is 1.80. The van der Waals surface area contributed by atoms with Crippen LogP contribution in [0.4, 0.5) is 4.79 Å². The lowest BCUT2D eigenvalue weighted by molar-refractivity contribution is 0.235. The number of nitrogens with zero attached hydrogens (tertiary/aromatic N) is 3. The van der Waals surface area contributed by atoms with Crippen LogP contribution in [0.25, 0.3) is 0 Å². The average molecular weight is 277 g/mol. The molecule has 108 valence electrons. The lowest BCUT2D eigenvalue weighted by Crippen LogP contribution is -2.37. The van der Waals surface area contributed by atoms with E-state index in [0.717, 1.165) is 24.5 Å². The van der Waals surface area contributed by atoms with Gasteiger partial charge in [-0.2, -0.15) is 5.10 Å². The molecule has 0 spiro atoms. The minimum Gasteiger partial charge on any atom is -0.464 e. The van der Waals surface area contributed by atoms with Crippen molar-refractivity contribution < 1.29 is 9.21 Å². The first-order chi connectivity index (χ1) is 9.65. The number of aromatic nitrogens is 3. The second kappa shape index (κ2) is 6.74. The van der Waals surface area contributed by atoms with Gasteiger partial charge in [0.15, 0.2) is 0 Å². The molecule has 0 aromatic carbocycles. The maximum Gasteiger partial charge on any atom is 0.315 e. The summed E-state index contributed by atoms with van der Waals surface area (Å²) in [7, 11) is 0. The average Bonchev–Trinajstić information content (AvgIpc) is 3.06. The van der Waals surface area contributed by atoms with E-state index in [9.17, 15) is 4.79 Å². The van der Waals surface area contributed by atoms with Crippen LogP contribution in [0.3, 0.4) is 0 Å². The largest absolute Gasteiger partial charge is 0.464 e. The van der Waals surface area contributed by atoms with Gasteiger partial charge in [-0.15, -0.1) is 0 Å². The molecule has 7 nitrogen and oxygen atoms in total. The van der Waals surface area contributed by atoms with Crippen molar-refractivity contribution >= 4 is 6.03 Å². The second-order valence-corrected chi connectivity index (χ2v) is 4.58. The smallest absolute Gasteiger partial charge is 0.315 e. The Morgan fingerprint density at radius 1 is 1.50 bits per heavy atom. The zero-order chi connectivity index (χ0) is 14.4. The van der Waals surface area contributed by atoms with Gasteiger partial charge >= 0.3 is 6.03 Å². The fourth-order valence-electron chi connectivity index (χ4n) is 1.80. The normalized spacial score (nSPS) is 12.1. The summed E-state index contributed by atoms with van der Waals surface area (Å²) in [5.41, 5.74) is 0. The lowest BCUT2D eigenvalue weighted by Gasteiger charge is -2.12. The van der Waals surface area contributed by atoms with Crippen LogP contribution in [-0.4, -0.2) is 27.3 Å². The van der Waals surface area contributed by atoms with Crippen LogP contribution < -0.4 is 10.6 Å². The first-order valence-corrected chi connectivity index (χ1v) is 6.58. The number of hydrogen-bond acceptors (Lipinski definition) is 4. The van der Waals surface area contributed by atoms with Crippen LogP contribution in [0, 0.1) is 6.92 Å². The van der Waals surface area contributed by atoms with Gasteiger partial charge in [-0.1, -0.05) is 0 Å². The van der Waals surface area contributed by atoms with Crippen molar-refractivity contribution in [1.82, 2.24) is 25.4 Å². The molecule has 1 atom stereocenters. The lowest BCUT2D eigenvalue weighted by atomic mass is 10.2. The number of aryl methyl sites for hydroxylation is 2.